The molecule has 102 valence electrons. The molecule has 2 rings (SSSR count). The first-order valence-electron chi connectivity index (χ1n) is 6.31. The van der Waals surface area contributed by atoms with Gasteiger partial charge in [0.15, 0.2) is 0 Å². The van der Waals surface area contributed by atoms with Crippen molar-refractivity contribution in [2.75, 3.05) is 11.9 Å². The Balaban J connectivity index is 2.18. The van der Waals surface area contributed by atoms with E-state index in [-0.39, 0.29) is 0 Å². The monoisotopic (exact) mass is 323 g/mol. The van der Waals surface area contributed by atoms with Crippen LogP contribution in [-0.4, -0.2) is 26.6 Å². The Morgan fingerprint density at radius 2 is 2.16 bits per heavy atom. The third-order valence-electron chi connectivity index (χ3n) is 2.89. The molecule has 0 aliphatic rings. The molecule has 0 aromatic carbocycles. The van der Waals surface area contributed by atoms with E-state index in [4.69, 9.17) is 0 Å². The summed E-state index contributed by atoms with van der Waals surface area (Å²) >= 11 is 3.45. The molecular weight excluding hydrogens is 306 g/mol. The van der Waals surface area contributed by atoms with Crippen LogP contribution in [0.5, 0.6) is 0 Å². The Morgan fingerprint density at radius 1 is 1.37 bits per heavy atom. The number of halogens is 1. The van der Waals surface area contributed by atoms with Crippen LogP contribution < -0.4 is 4.90 Å². The summed E-state index contributed by atoms with van der Waals surface area (Å²) in [5.74, 6) is 2.79. The van der Waals surface area contributed by atoms with Crippen molar-refractivity contribution in [2.45, 2.75) is 26.3 Å². The molecule has 0 saturated carbocycles. The molecule has 2 heterocycles. The number of imidazole rings is 1. The van der Waals surface area contributed by atoms with Gasteiger partial charge in [0, 0.05) is 39.0 Å². The van der Waals surface area contributed by atoms with Gasteiger partial charge in [-0.15, -0.1) is 0 Å². The van der Waals surface area contributed by atoms with E-state index in [9.17, 15) is 0 Å². The summed E-state index contributed by atoms with van der Waals surface area (Å²) < 4.78 is 2.84. The van der Waals surface area contributed by atoms with Crippen molar-refractivity contribution in [2.24, 2.45) is 7.05 Å². The Hall–Kier alpha value is -1.43. The molecule has 0 aliphatic heterocycles. The van der Waals surface area contributed by atoms with Crippen LogP contribution in [0.15, 0.2) is 23.1 Å². The highest BCUT2D eigenvalue weighted by atomic mass is 79.9. The van der Waals surface area contributed by atoms with Crippen molar-refractivity contribution in [3.05, 3.63) is 34.7 Å². The van der Waals surface area contributed by atoms with E-state index in [1.807, 2.05) is 37.1 Å². The summed E-state index contributed by atoms with van der Waals surface area (Å²) in [6, 6.07) is 1.93. The van der Waals surface area contributed by atoms with E-state index in [1.165, 1.54) is 0 Å². The van der Waals surface area contributed by atoms with Crippen molar-refractivity contribution < 1.29 is 0 Å². The molecule has 2 aromatic rings. The fraction of sp³-hybridized carbons (Fsp3) is 0.462. The lowest BCUT2D eigenvalue weighted by Gasteiger charge is -2.18. The topological polar surface area (TPSA) is 46.8 Å². The van der Waals surface area contributed by atoms with Gasteiger partial charge in [0.05, 0.1) is 6.54 Å². The van der Waals surface area contributed by atoms with Crippen LogP contribution in [-0.2, 0) is 20.0 Å². The van der Waals surface area contributed by atoms with E-state index in [1.54, 1.807) is 0 Å². The SMILES string of the molecule is CCCc1nc(Br)cc(N(C)Cc2nccn2C)n1. The fourth-order valence-electron chi connectivity index (χ4n) is 1.82. The maximum Gasteiger partial charge on any atom is 0.133 e. The van der Waals surface area contributed by atoms with E-state index in [2.05, 4.69) is 42.7 Å². The molecule has 0 spiro atoms. The quantitative estimate of drug-likeness (QED) is 0.793. The van der Waals surface area contributed by atoms with Crippen LogP contribution >= 0.6 is 15.9 Å². The lowest BCUT2D eigenvalue weighted by Crippen LogP contribution is -2.20. The van der Waals surface area contributed by atoms with Crippen molar-refractivity contribution in [1.29, 1.82) is 0 Å². The predicted octanol–water partition coefficient (Wildman–Crippen LogP) is 2.56. The fourth-order valence-corrected chi connectivity index (χ4v) is 2.23. The van der Waals surface area contributed by atoms with Crippen molar-refractivity contribution in [3.8, 4) is 0 Å². The summed E-state index contributed by atoms with van der Waals surface area (Å²) in [7, 11) is 4.01. The molecular formula is C13H18BrN5. The van der Waals surface area contributed by atoms with Gasteiger partial charge in [-0.25, -0.2) is 15.0 Å². The molecule has 0 aliphatic carbocycles. The first-order chi connectivity index (χ1) is 9.10. The van der Waals surface area contributed by atoms with Gasteiger partial charge in [0.1, 0.15) is 22.1 Å². The molecule has 0 saturated heterocycles. The van der Waals surface area contributed by atoms with E-state index in [0.29, 0.717) is 0 Å². The van der Waals surface area contributed by atoms with Gasteiger partial charge in [-0.3, -0.25) is 0 Å². The third kappa shape index (κ3) is 3.53. The zero-order chi connectivity index (χ0) is 13.8. The summed E-state index contributed by atoms with van der Waals surface area (Å²) in [6.07, 6.45) is 5.69. The van der Waals surface area contributed by atoms with Crippen LogP contribution in [0.4, 0.5) is 5.82 Å². The smallest absolute Gasteiger partial charge is 0.133 e. The second-order valence-corrected chi connectivity index (χ2v) is 5.34. The molecule has 6 heteroatoms. The molecule has 0 atom stereocenters. The zero-order valence-electron chi connectivity index (χ0n) is 11.5. The molecule has 0 N–H and O–H groups in total. The number of aryl methyl sites for hydroxylation is 2. The molecule has 0 radical (unpaired) electrons. The number of rotatable bonds is 5. The summed E-state index contributed by atoms with van der Waals surface area (Å²) in [5, 5.41) is 0. The average molecular weight is 324 g/mol. The van der Waals surface area contributed by atoms with E-state index < -0.39 is 0 Å². The lowest BCUT2D eigenvalue weighted by atomic mass is 10.3. The predicted molar refractivity (Wildman–Crippen MR) is 79.0 cm³/mol. The van der Waals surface area contributed by atoms with Crippen LogP contribution in [0.2, 0.25) is 0 Å². The average Bonchev–Trinajstić information content (AvgIpc) is 2.75. The maximum atomic E-state index is 4.58. The molecule has 5 nitrogen and oxygen atoms in total. The van der Waals surface area contributed by atoms with E-state index in [0.717, 1.165) is 41.5 Å². The van der Waals surface area contributed by atoms with Gasteiger partial charge in [-0.05, 0) is 22.4 Å². The molecule has 0 unspecified atom stereocenters. The minimum Gasteiger partial charge on any atom is -0.352 e. The number of nitrogens with zero attached hydrogens (tertiary/aromatic N) is 5. The molecule has 0 amide bonds. The number of aromatic nitrogens is 4. The summed E-state index contributed by atoms with van der Waals surface area (Å²) in [4.78, 5) is 15.4. The molecule has 0 bridgehead atoms. The number of hydrogen-bond donors (Lipinski definition) is 0. The van der Waals surface area contributed by atoms with Crippen LogP contribution in [0.3, 0.4) is 0 Å². The van der Waals surface area contributed by atoms with Gasteiger partial charge in [0.2, 0.25) is 0 Å². The highest BCUT2D eigenvalue weighted by molar-refractivity contribution is 9.10. The van der Waals surface area contributed by atoms with Crippen molar-refractivity contribution in [3.63, 3.8) is 0 Å². The Bertz CT molecular complexity index is 552. The molecule has 2 aromatic heterocycles. The Morgan fingerprint density at radius 3 is 2.79 bits per heavy atom. The lowest BCUT2D eigenvalue weighted by molar-refractivity contribution is 0.745. The highest BCUT2D eigenvalue weighted by Gasteiger charge is 2.09. The molecule has 0 fully saturated rings. The minimum absolute atomic E-state index is 0.721. The van der Waals surface area contributed by atoms with Gasteiger partial charge in [0.25, 0.3) is 0 Å². The van der Waals surface area contributed by atoms with Crippen molar-refractivity contribution >= 4 is 21.7 Å². The second kappa shape index (κ2) is 6.14. The van der Waals surface area contributed by atoms with Gasteiger partial charge in [-0.2, -0.15) is 0 Å². The second-order valence-electron chi connectivity index (χ2n) is 4.53. The first kappa shape index (κ1) is 14.0. The largest absolute Gasteiger partial charge is 0.352 e. The van der Waals surface area contributed by atoms with Crippen molar-refractivity contribution in [1.82, 2.24) is 19.5 Å². The normalized spacial score (nSPS) is 10.7. The van der Waals surface area contributed by atoms with Crippen LogP contribution in [0.1, 0.15) is 25.0 Å². The number of hydrogen-bond acceptors (Lipinski definition) is 4. The van der Waals surface area contributed by atoms with Gasteiger partial charge in [-0.1, -0.05) is 6.92 Å². The van der Waals surface area contributed by atoms with E-state index >= 15 is 0 Å². The minimum atomic E-state index is 0.721. The first-order valence-corrected chi connectivity index (χ1v) is 7.10. The maximum absolute atomic E-state index is 4.58. The standard InChI is InChI=1S/C13H18BrN5/c1-4-5-11-16-10(14)8-12(17-11)19(3)9-13-15-6-7-18(13)2/h6-8H,4-5,9H2,1-3H3. The zero-order valence-corrected chi connectivity index (χ0v) is 13.1. The number of anilines is 1. The highest BCUT2D eigenvalue weighted by Crippen LogP contribution is 2.17. The molecule has 19 heavy (non-hydrogen) atoms. The van der Waals surface area contributed by atoms with Crippen LogP contribution in [0.25, 0.3) is 0 Å². The summed E-state index contributed by atoms with van der Waals surface area (Å²) in [6.45, 7) is 2.85. The van der Waals surface area contributed by atoms with Crippen LogP contribution in [0, 0.1) is 0 Å². The third-order valence-corrected chi connectivity index (χ3v) is 3.30. The summed E-state index contributed by atoms with van der Waals surface area (Å²) in [5.41, 5.74) is 0. The van der Waals surface area contributed by atoms with Gasteiger partial charge < -0.3 is 9.47 Å². The van der Waals surface area contributed by atoms with Gasteiger partial charge >= 0.3 is 0 Å². The Labute approximate surface area is 121 Å². The Kier molecular flexibility index (Phi) is 4.52.